The van der Waals surface area contributed by atoms with Gasteiger partial charge in [0.15, 0.2) is 0 Å². The molecule has 0 heterocycles. The zero-order valence-electron chi connectivity index (χ0n) is 1.82. The molecule has 0 aromatic rings. The predicted octanol–water partition coefficient (Wildman–Crippen LogP) is -0.621. The number of rotatable bonds is 0. The van der Waals surface area contributed by atoms with Crippen molar-refractivity contribution < 1.29 is 32.7 Å². The van der Waals surface area contributed by atoms with Gasteiger partial charge in [0.2, 0.25) is 0 Å². The molecule has 0 N–H and O–H groups in total. The molecule has 0 aliphatic carbocycles. The van der Waals surface area contributed by atoms with E-state index >= 15 is 0 Å². The quantitative estimate of drug-likeness (QED) is 0.371. The van der Waals surface area contributed by atoms with E-state index in [0.717, 1.165) is 0 Å². The van der Waals surface area contributed by atoms with E-state index < -0.39 is 0 Å². The Hall–Kier alpha value is 0.851. The van der Waals surface area contributed by atoms with E-state index in [4.69, 9.17) is 0 Å². The summed E-state index contributed by atoms with van der Waals surface area (Å²) in [6, 6.07) is 0. The Kier molecular flexibility index (Phi) is 1070. The molecule has 4 heavy (non-hydrogen) atoms. The van der Waals surface area contributed by atoms with Crippen LogP contribution in [0.3, 0.4) is 0 Å². The Labute approximate surface area is 44.1 Å². The van der Waals surface area contributed by atoms with E-state index in [1.54, 1.807) is 0 Å². The summed E-state index contributed by atoms with van der Waals surface area (Å²) in [5.41, 5.74) is 0. The first-order valence-electron chi connectivity index (χ1n) is 0. The molecule has 0 aliphatic rings. The van der Waals surface area contributed by atoms with Crippen LogP contribution in [0.25, 0.3) is 0 Å². The van der Waals surface area contributed by atoms with Crippen LogP contribution in [0.15, 0.2) is 0 Å². The first-order valence-corrected chi connectivity index (χ1v) is 0. The van der Waals surface area contributed by atoms with Gasteiger partial charge in [-0.1, -0.05) is 0 Å². The minimum Gasteiger partial charge on any atom is -2.00 e. The van der Waals surface area contributed by atoms with Crippen molar-refractivity contribution in [3.63, 3.8) is 0 Å². The minimum absolute atomic E-state index is 0. The number of hydrogen-bond acceptors (Lipinski definition) is 0. The van der Waals surface area contributed by atoms with Gasteiger partial charge in [-0.25, -0.2) is 0 Å². The molecule has 0 rings (SSSR count). The van der Waals surface area contributed by atoms with Crippen molar-refractivity contribution in [1.82, 2.24) is 0 Å². The molecule has 0 atom stereocenters. The molecular weight excluding hydrogens is 108 g/mol. The molecule has 0 fully saturated rings. The van der Waals surface area contributed by atoms with E-state index in [0.29, 0.717) is 0 Å². The molecule has 4 heteroatoms. The summed E-state index contributed by atoms with van der Waals surface area (Å²) < 4.78 is 0. The van der Waals surface area contributed by atoms with Gasteiger partial charge in [0.25, 0.3) is 0 Å². The fraction of sp³-hybridized carbons (Fsp3) is 0. The monoisotopic (exact) mass is 108 g/mol. The van der Waals surface area contributed by atoms with Gasteiger partial charge in [-0.05, 0) is 0 Å². The molecule has 0 aromatic heterocycles. The standard InChI is InChI=1S/2O.Si.Ti/q2*-2;2*+4. The molecule has 2 nitrogen and oxygen atoms in total. The van der Waals surface area contributed by atoms with Gasteiger partial charge in [0.1, 0.15) is 0 Å². The Bertz CT molecular complexity index is 6.00. The normalized spacial score (nSPS) is 0. The van der Waals surface area contributed by atoms with Crippen LogP contribution in [-0.2, 0) is 32.7 Å². The predicted molar refractivity (Wildman–Crippen MR) is 7.13 cm³/mol. The van der Waals surface area contributed by atoms with Crippen LogP contribution in [0.4, 0.5) is 0 Å². The maximum absolute atomic E-state index is 0. The maximum Gasteiger partial charge on any atom is 4.00 e. The molecule has 0 bridgehead atoms. The van der Waals surface area contributed by atoms with Gasteiger partial charge < -0.3 is 11.0 Å². The molecule has 0 aromatic carbocycles. The first-order chi connectivity index (χ1) is 0. The van der Waals surface area contributed by atoms with Crippen molar-refractivity contribution in [2.75, 3.05) is 0 Å². The molecule has 16 valence electrons. The fourth-order valence-corrected chi connectivity index (χ4v) is 0. The van der Waals surface area contributed by atoms with Crippen LogP contribution in [0.2, 0.25) is 0 Å². The van der Waals surface area contributed by atoms with Gasteiger partial charge >= 0.3 is 32.7 Å². The van der Waals surface area contributed by atoms with E-state index in [9.17, 15) is 0 Å². The molecule has 0 aliphatic heterocycles. The van der Waals surface area contributed by atoms with Crippen molar-refractivity contribution in [3.05, 3.63) is 0 Å². The fourth-order valence-electron chi connectivity index (χ4n) is 0. The Morgan fingerprint density at radius 2 is 0.750 bits per heavy atom. The molecule has 0 saturated heterocycles. The summed E-state index contributed by atoms with van der Waals surface area (Å²) in [5, 5.41) is 0. The van der Waals surface area contributed by atoms with E-state index in [1.165, 1.54) is 0 Å². The maximum atomic E-state index is 0. The van der Waals surface area contributed by atoms with Gasteiger partial charge in [-0.15, -0.1) is 0 Å². The summed E-state index contributed by atoms with van der Waals surface area (Å²) in [6.45, 7) is 0. The number of hydrogen-bond donors (Lipinski definition) is 0. The summed E-state index contributed by atoms with van der Waals surface area (Å²) in [5.74, 6) is 0. The SMILES string of the molecule is [O-2].[O-2].[Si+4].[Ti+4]. The van der Waals surface area contributed by atoms with Crippen LogP contribution in [0.5, 0.6) is 0 Å². The second-order valence-corrected chi connectivity index (χ2v) is 0. The van der Waals surface area contributed by atoms with Crippen molar-refractivity contribution in [2.45, 2.75) is 0 Å². The summed E-state index contributed by atoms with van der Waals surface area (Å²) in [6.07, 6.45) is 0. The summed E-state index contributed by atoms with van der Waals surface area (Å²) in [4.78, 5) is 0. The van der Waals surface area contributed by atoms with Crippen molar-refractivity contribution >= 4 is 11.0 Å². The van der Waals surface area contributed by atoms with Crippen molar-refractivity contribution in [1.29, 1.82) is 0 Å². The minimum atomic E-state index is 0. The molecular formula is O2SiTi+4. The third-order valence-electron chi connectivity index (χ3n) is 0. The average molecular weight is 108 g/mol. The first kappa shape index (κ1) is 99.3. The summed E-state index contributed by atoms with van der Waals surface area (Å²) in [7, 11) is 0. The van der Waals surface area contributed by atoms with Gasteiger partial charge in [0, 0.05) is 0 Å². The Morgan fingerprint density at radius 1 is 0.750 bits per heavy atom. The second kappa shape index (κ2) is 43.2. The van der Waals surface area contributed by atoms with Crippen LogP contribution in [0.1, 0.15) is 0 Å². The van der Waals surface area contributed by atoms with E-state index in [-0.39, 0.29) is 43.6 Å². The third-order valence-corrected chi connectivity index (χ3v) is 0. The Morgan fingerprint density at radius 3 is 0.750 bits per heavy atom. The van der Waals surface area contributed by atoms with E-state index in [2.05, 4.69) is 0 Å². The second-order valence-electron chi connectivity index (χ2n) is 0. The van der Waals surface area contributed by atoms with Crippen LogP contribution >= 0.6 is 0 Å². The van der Waals surface area contributed by atoms with Crippen LogP contribution in [0, 0.1) is 0 Å². The van der Waals surface area contributed by atoms with Crippen LogP contribution < -0.4 is 0 Å². The molecule has 0 radical (unpaired) electrons. The zero-order chi connectivity index (χ0) is 0. The van der Waals surface area contributed by atoms with Gasteiger partial charge in [-0.3, -0.25) is 0 Å². The zero-order valence-corrected chi connectivity index (χ0v) is 4.38. The van der Waals surface area contributed by atoms with Gasteiger partial charge in [-0.2, -0.15) is 0 Å². The molecule has 0 unspecified atom stereocenters. The third kappa shape index (κ3) is 13.5. The van der Waals surface area contributed by atoms with Crippen molar-refractivity contribution in [2.24, 2.45) is 0 Å². The average Bonchev–Trinajstić information content (AvgIpc) is 0. The molecule has 0 amide bonds. The Balaban J connectivity index is 0. The molecule has 0 saturated carbocycles. The largest absolute Gasteiger partial charge is 4.00 e. The van der Waals surface area contributed by atoms with Gasteiger partial charge in [0.05, 0.1) is 0 Å². The van der Waals surface area contributed by atoms with Crippen LogP contribution in [-0.4, -0.2) is 11.0 Å². The molecule has 0 spiro atoms. The van der Waals surface area contributed by atoms with Crippen molar-refractivity contribution in [3.8, 4) is 0 Å². The summed E-state index contributed by atoms with van der Waals surface area (Å²) >= 11 is 0. The smallest absolute Gasteiger partial charge is 2.00 e. The topological polar surface area (TPSA) is 57.0 Å². The van der Waals surface area contributed by atoms with E-state index in [1.807, 2.05) is 0 Å².